The molecule has 0 aliphatic carbocycles. The van der Waals surface area contributed by atoms with Gasteiger partial charge in [0.15, 0.2) is 0 Å². The fourth-order valence-corrected chi connectivity index (χ4v) is 4.32. The van der Waals surface area contributed by atoms with Crippen molar-refractivity contribution in [2.24, 2.45) is 0 Å². The van der Waals surface area contributed by atoms with Gasteiger partial charge >= 0.3 is 26.2 Å². The van der Waals surface area contributed by atoms with Gasteiger partial charge in [-0.2, -0.15) is 0 Å². The van der Waals surface area contributed by atoms with Crippen LogP contribution in [-0.4, -0.2) is 9.52 Å². The Balaban J connectivity index is 0. The molecule has 2 radical (unpaired) electrons. The molecular weight excluding hydrogens is 480 g/mol. The van der Waals surface area contributed by atoms with Gasteiger partial charge in [0.05, 0.1) is 0 Å². The van der Waals surface area contributed by atoms with E-state index in [2.05, 4.69) is 115 Å². The van der Waals surface area contributed by atoms with Crippen molar-refractivity contribution < 1.29 is 26.2 Å². The van der Waals surface area contributed by atoms with Crippen molar-refractivity contribution in [2.75, 3.05) is 0 Å². The molecule has 2 heteroatoms. The van der Waals surface area contributed by atoms with Crippen LogP contribution in [0.25, 0.3) is 21.5 Å². The van der Waals surface area contributed by atoms with Crippen molar-refractivity contribution in [3.05, 3.63) is 97.8 Å². The van der Waals surface area contributed by atoms with Gasteiger partial charge in [-0.1, -0.05) is 78.6 Å². The number of aryl methyl sites for hydroxylation is 2. The molecule has 170 valence electrons. The van der Waals surface area contributed by atoms with E-state index in [1.165, 1.54) is 43.8 Å². The first kappa shape index (κ1) is 32.9. The summed E-state index contributed by atoms with van der Waals surface area (Å²) in [5, 5.41) is 5.61. The van der Waals surface area contributed by atoms with Crippen molar-refractivity contribution in [2.45, 2.75) is 66.5 Å². The summed E-state index contributed by atoms with van der Waals surface area (Å²) >= 11 is 0. The summed E-state index contributed by atoms with van der Waals surface area (Å²) in [4.78, 5) is 0. The van der Waals surface area contributed by atoms with Crippen LogP contribution in [0.1, 0.15) is 61.8 Å². The predicted molar refractivity (Wildman–Crippen MR) is 147 cm³/mol. The summed E-state index contributed by atoms with van der Waals surface area (Å²) in [6, 6.07) is 21.8. The van der Waals surface area contributed by atoms with Crippen LogP contribution in [0.2, 0.25) is 13.1 Å². The maximum atomic E-state index is 2.28. The third-order valence-electron chi connectivity index (χ3n) is 5.25. The van der Waals surface area contributed by atoms with E-state index in [1.807, 2.05) is 0 Å². The Morgan fingerprint density at radius 3 is 1.19 bits per heavy atom. The van der Waals surface area contributed by atoms with Crippen LogP contribution in [-0.2, 0) is 26.2 Å². The molecule has 0 bridgehead atoms. The van der Waals surface area contributed by atoms with Gasteiger partial charge < -0.3 is 14.9 Å². The molecule has 32 heavy (non-hydrogen) atoms. The van der Waals surface area contributed by atoms with E-state index in [4.69, 9.17) is 0 Å². The van der Waals surface area contributed by atoms with Crippen molar-refractivity contribution in [1.29, 1.82) is 0 Å². The monoisotopic (exact) mass is 520 g/mol. The Morgan fingerprint density at radius 1 is 0.625 bits per heavy atom. The van der Waals surface area contributed by atoms with Crippen LogP contribution in [0, 0.1) is 28.7 Å². The summed E-state index contributed by atoms with van der Waals surface area (Å²) in [5.74, 6) is 1.25. The van der Waals surface area contributed by atoms with Crippen LogP contribution in [0.4, 0.5) is 0 Å². The predicted octanol–water partition coefficient (Wildman–Crippen LogP) is 9.67. The van der Waals surface area contributed by atoms with E-state index in [0.29, 0.717) is 11.8 Å². The Morgan fingerprint density at radius 2 is 0.906 bits per heavy atom. The molecule has 0 fully saturated rings. The first-order valence-corrected chi connectivity index (χ1v) is 12.7. The molecule has 0 spiro atoms. The van der Waals surface area contributed by atoms with Gasteiger partial charge in [0.1, 0.15) is 0 Å². The van der Waals surface area contributed by atoms with Gasteiger partial charge in [0.25, 0.3) is 0 Å². The number of hydrogen-bond donors (Lipinski definition) is 0. The molecule has 0 nitrogen and oxygen atoms in total. The van der Waals surface area contributed by atoms with E-state index < -0.39 is 0 Å². The maximum Gasteiger partial charge on any atom is 4.00 e. The summed E-state index contributed by atoms with van der Waals surface area (Å²) in [5.41, 5.74) is 5.87. The summed E-state index contributed by atoms with van der Waals surface area (Å²) < 4.78 is 0. The van der Waals surface area contributed by atoms with E-state index >= 15 is 0 Å². The quantitative estimate of drug-likeness (QED) is 0.182. The number of hydrogen-bond acceptors (Lipinski definition) is 0. The minimum absolute atomic E-state index is 0. The minimum Gasteiger partial charge on any atom is -0.358 e. The van der Waals surface area contributed by atoms with Gasteiger partial charge in [-0.05, 0) is 0 Å². The van der Waals surface area contributed by atoms with Crippen molar-refractivity contribution >= 4 is 31.1 Å². The topological polar surface area (TPSA) is 0 Å². The average Bonchev–Trinajstić information content (AvgIpc) is 3.17. The molecule has 0 N–H and O–H groups in total. The zero-order chi connectivity index (χ0) is 21.6. The molecule has 0 heterocycles. The van der Waals surface area contributed by atoms with Gasteiger partial charge in [-0.25, -0.2) is 0 Å². The molecule has 0 atom stereocenters. The molecule has 4 rings (SSSR count). The molecule has 4 aromatic carbocycles. The van der Waals surface area contributed by atoms with Crippen molar-refractivity contribution in [3.8, 4) is 0 Å². The van der Waals surface area contributed by atoms with Crippen LogP contribution in [0.3, 0.4) is 0 Å². The van der Waals surface area contributed by atoms with Crippen molar-refractivity contribution in [3.63, 3.8) is 0 Å². The van der Waals surface area contributed by atoms with Gasteiger partial charge in [-0.3, -0.25) is 0 Å². The zero-order valence-corrected chi connectivity index (χ0v) is 25.4. The molecular formula is C30H42SiZr. The van der Waals surface area contributed by atoms with Gasteiger partial charge in [0.2, 0.25) is 0 Å². The fraction of sp³-hybridized carbons (Fsp3) is 0.333. The molecule has 0 unspecified atom stereocenters. The summed E-state index contributed by atoms with van der Waals surface area (Å²) in [7, 11) is 1.08. The SMILES string of the molecule is C[Si]C.Cc1[cH-]c2ccccc2c1C(C)C.Cc1[cH-]c2ccccc2c1C(C)C.[CH3-].[CH3-].[Zr+4]. The third-order valence-corrected chi connectivity index (χ3v) is 5.25. The van der Waals surface area contributed by atoms with Crippen LogP contribution in [0.15, 0.2) is 60.7 Å². The molecule has 0 aliphatic rings. The first-order chi connectivity index (χ1) is 13.8. The van der Waals surface area contributed by atoms with Crippen molar-refractivity contribution in [1.82, 2.24) is 0 Å². The number of rotatable bonds is 2. The molecule has 0 amide bonds. The molecule has 0 saturated heterocycles. The van der Waals surface area contributed by atoms with E-state index in [-0.39, 0.29) is 41.1 Å². The minimum atomic E-state index is 0. The molecule has 0 saturated carbocycles. The third kappa shape index (κ3) is 7.96. The Kier molecular flexibility index (Phi) is 16.0. The maximum absolute atomic E-state index is 2.28. The van der Waals surface area contributed by atoms with E-state index in [0.717, 1.165) is 9.52 Å². The Bertz CT molecular complexity index is 950. The molecule has 0 aliphatic heterocycles. The average molecular weight is 522 g/mol. The number of benzene rings is 2. The summed E-state index contributed by atoms with van der Waals surface area (Å²) in [6.45, 7) is 17.7. The summed E-state index contributed by atoms with van der Waals surface area (Å²) in [6.07, 6.45) is 0. The van der Waals surface area contributed by atoms with Crippen LogP contribution >= 0.6 is 0 Å². The van der Waals surface area contributed by atoms with Gasteiger partial charge in [0, 0.05) is 9.52 Å². The molecule has 0 aromatic heterocycles. The Labute approximate surface area is 220 Å². The van der Waals surface area contributed by atoms with Gasteiger partial charge in [-0.15, -0.1) is 92.3 Å². The zero-order valence-electron chi connectivity index (χ0n) is 21.9. The van der Waals surface area contributed by atoms with E-state index in [9.17, 15) is 0 Å². The van der Waals surface area contributed by atoms with Crippen LogP contribution in [0.5, 0.6) is 0 Å². The normalized spacial score (nSPS) is 9.81. The second-order valence-electron chi connectivity index (χ2n) is 8.47. The van der Waals surface area contributed by atoms with Crippen LogP contribution < -0.4 is 0 Å². The Hall–Kier alpha value is -1.24. The largest absolute Gasteiger partial charge is 4.00 e. The van der Waals surface area contributed by atoms with E-state index in [1.54, 1.807) is 0 Å². The first-order valence-electron chi connectivity index (χ1n) is 10.7. The molecule has 4 aromatic rings. The standard InChI is InChI=1S/2C13H15.C2H6Si.2CH3.Zr/c2*1-9(2)13-10(3)8-11-6-4-5-7-12(11)13;1-3-2;;;/h2*4-9H,1-3H3;1-2H3;2*1H3;/q2*-1;;2*-1;+4. The second kappa shape index (κ2) is 15.6. The second-order valence-corrected chi connectivity index (χ2v) is 9.47. The number of fused-ring (bicyclic) bond motifs is 2. The fourth-order valence-electron chi connectivity index (χ4n) is 4.32. The smallest absolute Gasteiger partial charge is 0.358 e.